The highest BCUT2D eigenvalue weighted by atomic mass is 35.6. The van der Waals surface area contributed by atoms with E-state index in [0.717, 1.165) is 0 Å². The first-order valence-electron chi connectivity index (χ1n) is 0.943. The van der Waals surface area contributed by atoms with E-state index in [1.807, 2.05) is 0 Å². The molecular formula is CH3AlClO. The first-order chi connectivity index (χ1) is 1.91. The summed E-state index contributed by atoms with van der Waals surface area (Å²) in [5.74, 6) is 0. The van der Waals surface area contributed by atoms with Gasteiger partial charge in [0, 0.05) is 5.47 Å². The van der Waals surface area contributed by atoms with E-state index in [2.05, 4.69) is 0 Å². The molecule has 23 valence electrons. The maximum Gasteiger partial charge on any atom is 0.390 e. The minimum absolute atomic E-state index is 0.168. The maximum absolute atomic E-state index is 7.78. The third kappa shape index (κ3) is 2.78. The molecule has 0 amide bonds. The predicted octanol–water partition coefficient (Wildman–Crippen LogP) is -0.206. The number of aliphatic hydroxyl groups is 1. The molecule has 0 aliphatic heterocycles. The van der Waals surface area contributed by atoms with Gasteiger partial charge in [-0.05, 0) is 0 Å². The Morgan fingerprint density at radius 1 is 2.00 bits per heavy atom. The number of hydrogen-bond acceptors (Lipinski definition) is 1. The average Bonchev–Trinajstić information content (AvgIpc) is 1.37. The summed E-state index contributed by atoms with van der Waals surface area (Å²) in [6.45, 7) is 0. The van der Waals surface area contributed by atoms with Gasteiger partial charge in [0.1, 0.15) is 0 Å². The van der Waals surface area contributed by atoms with Crippen molar-refractivity contribution in [3.63, 3.8) is 0 Å². The molecule has 1 N–H and O–H groups in total. The van der Waals surface area contributed by atoms with Crippen LogP contribution in [0.25, 0.3) is 0 Å². The van der Waals surface area contributed by atoms with E-state index in [1.165, 1.54) is 0 Å². The van der Waals surface area contributed by atoms with Crippen LogP contribution in [0.1, 0.15) is 0 Å². The second-order valence-electron chi connectivity index (χ2n) is 0.337. The molecule has 0 spiro atoms. The third-order valence-electron chi connectivity index (χ3n) is 0.0690. The maximum atomic E-state index is 7.78. The van der Waals surface area contributed by atoms with Crippen LogP contribution in [0.3, 0.4) is 0 Å². The van der Waals surface area contributed by atoms with Crippen LogP contribution in [0.5, 0.6) is 0 Å². The normalized spacial score (nSPS) is 6.50. The SMILES string of the molecule is O[CH2][Al][Cl]. The fourth-order valence-corrected chi connectivity index (χ4v) is 0. The molecule has 0 aromatic carbocycles. The van der Waals surface area contributed by atoms with Gasteiger partial charge in [0.25, 0.3) is 0 Å². The quantitative estimate of drug-likeness (QED) is 0.445. The van der Waals surface area contributed by atoms with Crippen LogP contribution in [-0.4, -0.2) is 24.9 Å². The molecule has 0 bridgehead atoms. The summed E-state index contributed by atoms with van der Waals surface area (Å²) in [5, 5.41) is 7.78. The summed E-state index contributed by atoms with van der Waals surface area (Å²) in [4.78, 5) is 0. The molecule has 1 radical (unpaired) electrons. The lowest BCUT2D eigenvalue weighted by Gasteiger charge is -1.62. The zero-order valence-electron chi connectivity index (χ0n) is 2.11. The lowest BCUT2D eigenvalue weighted by atomic mass is 11.7. The van der Waals surface area contributed by atoms with Crippen molar-refractivity contribution in [2.24, 2.45) is 0 Å². The van der Waals surface area contributed by atoms with Crippen molar-refractivity contribution >= 4 is 24.3 Å². The molecule has 4 heavy (non-hydrogen) atoms. The van der Waals surface area contributed by atoms with Crippen LogP contribution >= 0.6 is 10.0 Å². The molecule has 0 aromatic heterocycles. The van der Waals surface area contributed by atoms with Crippen LogP contribution < -0.4 is 0 Å². The molecule has 0 saturated heterocycles. The fraction of sp³-hybridized carbons (Fsp3) is 1.00. The largest absolute Gasteiger partial charge is 0.411 e. The van der Waals surface area contributed by atoms with Crippen LogP contribution in [-0.2, 0) is 0 Å². The molecule has 0 atom stereocenters. The molecule has 0 unspecified atom stereocenters. The van der Waals surface area contributed by atoms with Gasteiger partial charge in [-0.3, -0.25) is 10.0 Å². The van der Waals surface area contributed by atoms with Gasteiger partial charge < -0.3 is 5.11 Å². The molecule has 0 rings (SSSR count). The predicted molar refractivity (Wildman–Crippen MR) is 18.7 cm³/mol. The highest BCUT2D eigenvalue weighted by Crippen LogP contribution is 1.57. The Bertz CT molecular complexity index is 10.0. The van der Waals surface area contributed by atoms with Crippen molar-refractivity contribution in [2.45, 2.75) is 0 Å². The number of rotatable bonds is 1. The van der Waals surface area contributed by atoms with Crippen molar-refractivity contribution in [3.05, 3.63) is 0 Å². The average molecular weight is 93.5 g/mol. The summed E-state index contributed by atoms with van der Waals surface area (Å²) >= 11 is -0.190. The topological polar surface area (TPSA) is 20.2 Å². The van der Waals surface area contributed by atoms with E-state index in [1.54, 1.807) is 0 Å². The van der Waals surface area contributed by atoms with E-state index in [-0.39, 0.29) is 19.8 Å². The van der Waals surface area contributed by atoms with Gasteiger partial charge in [-0.25, -0.2) is 0 Å². The van der Waals surface area contributed by atoms with Crippen molar-refractivity contribution < 1.29 is 5.11 Å². The first-order valence-corrected chi connectivity index (χ1v) is 3.50. The Morgan fingerprint density at radius 2 is 2.25 bits per heavy atom. The van der Waals surface area contributed by atoms with Gasteiger partial charge in [-0.1, -0.05) is 0 Å². The minimum atomic E-state index is -0.190. The zero-order chi connectivity index (χ0) is 3.41. The first kappa shape index (κ1) is 4.78. The molecule has 1 nitrogen and oxygen atoms in total. The third-order valence-corrected chi connectivity index (χ3v) is 0.621. The second kappa shape index (κ2) is 3.78. The van der Waals surface area contributed by atoms with Gasteiger partial charge in [0.2, 0.25) is 0 Å². The Labute approximate surface area is 35.5 Å². The number of aliphatic hydroxyl groups excluding tert-OH is 1. The molecule has 0 aliphatic carbocycles. The number of halogens is 1. The van der Waals surface area contributed by atoms with Crippen LogP contribution in [0.15, 0.2) is 0 Å². The fourth-order valence-electron chi connectivity index (χ4n) is 0. The zero-order valence-corrected chi connectivity index (χ0v) is 4.02. The molecule has 0 heterocycles. The monoisotopic (exact) mass is 93.0 g/mol. The van der Waals surface area contributed by atoms with E-state index in [9.17, 15) is 0 Å². The van der Waals surface area contributed by atoms with Crippen LogP contribution in [0.2, 0.25) is 0 Å². The second-order valence-corrected chi connectivity index (χ2v) is 1.94. The lowest BCUT2D eigenvalue weighted by Crippen LogP contribution is -1.82. The summed E-state index contributed by atoms with van der Waals surface area (Å²) in [6.07, 6.45) is 0. The molecule has 0 fully saturated rings. The van der Waals surface area contributed by atoms with Gasteiger partial charge in [-0.15, -0.1) is 0 Å². The van der Waals surface area contributed by atoms with E-state index in [0.29, 0.717) is 0 Å². The molecule has 0 aliphatic rings. The summed E-state index contributed by atoms with van der Waals surface area (Å²) in [7, 11) is 5.02. The van der Waals surface area contributed by atoms with E-state index < -0.39 is 0 Å². The summed E-state index contributed by atoms with van der Waals surface area (Å²) in [5.41, 5.74) is 0.168. The smallest absolute Gasteiger partial charge is 0.390 e. The van der Waals surface area contributed by atoms with Crippen molar-refractivity contribution in [1.82, 2.24) is 0 Å². The molecular weight excluding hydrogens is 90.4 g/mol. The van der Waals surface area contributed by atoms with Gasteiger partial charge in [-0.2, -0.15) is 0 Å². The van der Waals surface area contributed by atoms with Gasteiger partial charge in [0.15, 0.2) is 0 Å². The van der Waals surface area contributed by atoms with Crippen LogP contribution in [0, 0.1) is 0 Å². The Balaban J connectivity index is 1.97. The van der Waals surface area contributed by atoms with E-state index >= 15 is 0 Å². The van der Waals surface area contributed by atoms with Crippen molar-refractivity contribution in [3.8, 4) is 0 Å². The molecule has 0 saturated carbocycles. The molecule has 0 aromatic rings. The Kier molecular flexibility index (Phi) is 4.52. The van der Waals surface area contributed by atoms with Crippen LogP contribution in [0.4, 0.5) is 0 Å². The standard InChI is InChI=1S/CH3O.Al.ClH/c1-2;;/h2H,1H2;;1H/q;+1;/p-1. The minimum Gasteiger partial charge on any atom is -0.411 e. The van der Waals surface area contributed by atoms with E-state index in [4.69, 9.17) is 15.2 Å². The Morgan fingerprint density at radius 3 is 2.25 bits per heavy atom. The van der Waals surface area contributed by atoms with Gasteiger partial charge in [0.05, 0.1) is 0 Å². The molecule has 3 heteroatoms. The van der Waals surface area contributed by atoms with Crippen molar-refractivity contribution in [1.29, 1.82) is 0 Å². The van der Waals surface area contributed by atoms with Gasteiger partial charge >= 0.3 is 14.3 Å². The van der Waals surface area contributed by atoms with Crippen molar-refractivity contribution in [2.75, 3.05) is 5.47 Å². The highest BCUT2D eigenvalue weighted by Gasteiger charge is 1.71. The number of hydrogen-bond donors (Lipinski definition) is 1. The Hall–Kier alpha value is 0.782. The summed E-state index contributed by atoms with van der Waals surface area (Å²) in [6, 6.07) is 0. The summed E-state index contributed by atoms with van der Waals surface area (Å²) < 4.78 is 0. The lowest BCUT2D eigenvalue weighted by molar-refractivity contribution is 0.368. The highest BCUT2D eigenvalue weighted by molar-refractivity contribution is 6.93.